The molecule has 1 unspecified atom stereocenters. The van der Waals surface area contributed by atoms with Gasteiger partial charge in [0.25, 0.3) is 0 Å². The monoisotopic (exact) mass is 314 g/mol. The molecule has 2 amide bonds. The highest BCUT2D eigenvalue weighted by molar-refractivity contribution is 5.75. The molecule has 1 atom stereocenters. The minimum absolute atomic E-state index is 0.00686. The molecule has 1 saturated carbocycles. The maximum atomic E-state index is 12.4. The normalized spacial score (nSPS) is 15.2. The molecular weight excluding hydrogens is 292 g/mol. The Balaban J connectivity index is 1.69. The van der Waals surface area contributed by atoms with E-state index in [1.807, 2.05) is 43.5 Å². The van der Waals surface area contributed by atoms with Crippen molar-refractivity contribution >= 4 is 6.03 Å². The standard InChI is InChI=1S/C17H22N4O2/c1-13(19-17(23)20(10-11-22)15-6-7-15)14-4-2-5-16(12-14)21-9-3-8-18-21/h2-5,8-9,12-13,15,22H,6-7,10-11H2,1H3,(H,19,23). The lowest BCUT2D eigenvalue weighted by Gasteiger charge is -2.24. The SMILES string of the molecule is CC(NC(=O)N(CCO)C1CC1)c1cccc(-n2cccn2)c1. The molecule has 6 nitrogen and oxygen atoms in total. The van der Waals surface area contributed by atoms with Gasteiger partial charge in [0.2, 0.25) is 0 Å². The van der Waals surface area contributed by atoms with E-state index in [4.69, 9.17) is 5.11 Å². The number of benzene rings is 1. The van der Waals surface area contributed by atoms with Gasteiger partial charge in [-0.25, -0.2) is 9.48 Å². The van der Waals surface area contributed by atoms with E-state index in [-0.39, 0.29) is 24.7 Å². The predicted octanol–water partition coefficient (Wildman–Crippen LogP) is 2.10. The van der Waals surface area contributed by atoms with Gasteiger partial charge in [0.15, 0.2) is 0 Å². The number of hydrogen-bond donors (Lipinski definition) is 2. The molecule has 1 heterocycles. The summed E-state index contributed by atoms with van der Waals surface area (Å²) in [5.74, 6) is 0. The molecule has 2 N–H and O–H groups in total. The Morgan fingerprint density at radius 1 is 1.48 bits per heavy atom. The number of aliphatic hydroxyl groups is 1. The average molecular weight is 314 g/mol. The molecule has 3 rings (SSSR count). The van der Waals surface area contributed by atoms with Crippen LogP contribution in [0, 0.1) is 0 Å². The van der Waals surface area contributed by atoms with Crippen LogP contribution in [0.4, 0.5) is 4.79 Å². The summed E-state index contributed by atoms with van der Waals surface area (Å²) < 4.78 is 1.79. The summed E-state index contributed by atoms with van der Waals surface area (Å²) in [4.78, 5) is 14.1. The van der Waals surface area contributed by atoms with Gasteiger partial charge >= 0.3 is 6.03 Å². The van der Waals surface area contributed by atoms with Crippen LogP contribution in [-0.4, -0.2) is 45.0 Å². The summed E-state index contributed by atoms with van der Waals surface area (Å²) in [6.07, 6.45) is 5.67. The molecule has 6 heteroatoms. The predicted molar refractivity (Wildman–Crippen MR) is 87.3 cm³/mol. The quantitative estimate of drug-likeness (QED) is 0.858. The van der Waals surface area contributed by atoms with Crippen LogP contribution in [0.2, 0.25) is 0 Å². The third kappa shape index (κ3) is 3.71. The number of amides is 2. The van der Waals surface area contributed by atoms with Gasteiger partial charge in [-0.1, -0.05) is 12.1 Å². The zero-order chi connectivity index (χ0) is 16.2. The van der Waals surface area contributed by atoms with Crippen molar-refractivity contribution in [3.05, 3.63) is 48.3 Å². The maximum Gasteiger partial charge on any atom is 0.318 e. The van der Waals surface area contributed by atoms with Gasteiger partial charge in [0, 0.05) is 25.0 Å². The summed E-state index contributed by atoms with van der Waals surface area (Å²) in [5.41, 5.74) is 1.98. The summed E-state index contributed by atoms with van der Waals surface area (Å²) >= 11 is 0. The first kappa shape index (κ1) is 15.6. The minimum Gasteiger partial charge on any atom is -0.395 e. The molecule has 122 valence electrons. The molecule has 1 aromatic heterocycles. The zero-order valence-electron chi connectivity index (χ0n) is 13.2. The van der Waals surface area contributed by atoms with Crippen LogP contribution < -0.4 is 5.32 Å². The summed E-state index contributed by atoms with van der Waals surface area (Å²) in [5, 5.41) is 16.4. The fraction of sp³-hybridized carbons (Fsp3) is 0.412. The van der Waals surface area contributed by atoms with Gasteiger partial charge in [-0.15, -0.1) is 0 Å². The molecule has 0 saturated heterocycles. The van der Waals surface area contributed by atoms with E-state index in [0.29, 0.717) is 6.54 Å². The van der Waals surface area contributed by atoms with Crippen molar-refractivity contribution < 1.29 is 9.90 Å². The van der Waals surface area contributed by atoms with Gasteiger partial charge in [-0.2, -0.15) is 5.10 Å². The number of aliphatic hydroxyl groups excluding tert-OH is 1. The van der Waals surface area contributed by atoms with Crippen LogP contribution in [0.3, 0.4) is 0 Å². The Morgan fingerprint density at radius 2 is 2.30 bits per heavy atom. The lowest BCUT2D eigenvalue weighted by molar-refractivity contribution is 0.171. The third-order valence-electron chi connectivity index (χ3n) is 4.07. The Labute approximate surface area is 135 Å². The van der Waals surface area contributed by atoms with E-state index < -0.39 is 0 Å². The highest BCUT2D eigenvalue weighted by atomic mass is 16.3. The fourth-order valence-electron chi connectivity index (χ4n) is 2.65. The third-order valence-corrected chi connectivity index (χ3v) is 4.07. The largest absolute Gasteiger partial charge is 0.395 e. The molecule has 2 aromatic rings. The molecule has 1 aromatic carbocycles. The fourth-order valence-corrected chi connectivity index (χ4v) is 2.65. The van der Waals surface area contributed by atoms with Crippen LogP contribution in [0.15, 0.2) is 42.7 Å². The van der Waals surface area contributed by atoms with E-state index in [9.17, 15) is 4.79 Å². The van der Waals surface area contributed by atoms with Crippen LogP contribution in [0.5, 0.6) is 0 Å². The molecule has 1 aliphatic rings. The lowest BCUT2D eigenvalue weighted by atomic mass is 10.1. The Morgan fingerprint density at radius 3 is 2.96 bits per heavy atom. The number of carbonyl (C=O) groups excluding carboxylic acids is 1. The Bertz CT molecular complexity index is 652. The van der Waals surface area contributed by atoms with Crippen LogP contribution >= 0.6 is 0 Å². The number of nitrogens with one attached hydrogen (secondary N) is 1. The number of urea groups is 1. The lowest BCUT2D eigenvalue weighted by Crippen LogP contribution is -2.43. The second kappa shape index (κ2) is 6.83. The van der Waals surface area contributed by atoms with Crippen molar-refractivity contribution in [2.24, 2.45) is 0 Å². The Kier molecular flexibility index (Phi) is 4.62. The number of aromatic nitrogens is 2. The molecule has 0 bridgehead atoms. The number of hydrogen-bond acceptors (Lipinski definition) is 3. The first-order valence-electron chi connectivity index (χ1n) is 7.97. The average Bonchev–Trinajstić information content (AvgIpc) is 3.25. The number of rotatable bonds is 6. The van der Waals surface area contributed by atoms with Gasteiger partial charge in [0.1, 0.15) is 0 Å². The van der Waals surface area contributed by atoms with Gasteiger partial charge in [-0.3, -0.25) is 0 Å². The zero-order valence-corrected chi connectivity index (χ0v) is 13.2. The van der Waals surface area contributed by atoms with E-state index in [0.717, 1.165) is 24.1 Å². The summed E-state index contributed by atoms with van der Waals surface area (Å²) in [7, 11) is 0. The Hall–Kier alpha value is -2.34. The highest BCUT2D eigenvalue weighted by Crippen LogP contribution is 2.27. The van der Waals surface area contributed by atoms with Crippen LogP contribution in [-0.2, 0) is 0 Å². The van der Waals surface area contributed by atoms with E-state index in [1.54, 1.807) is 15.8 Å². The van der Waals surface area contributed by atoms with Crippen molar-refractivity contribution in [3.8, 4) is 5.69 Å². The van der Waals surface area contributed by atoms with Crippen molar-refractivity contribution in [1.29, 1.82) is 0 Å². The molecule has 0 spiro atoms. The van der Waals surface area contributed by atoms with E-state index in [2.05, 4.69) is 10.4 Å². The second-order valence-corrected chi connectivity index (χ2v) is 5.86. The summed E-state index contributed by atoms with van der Waals surface area (Å²) in [6.45, 7) is 2.34. The van der Waals surface area contributed by atoms with Crippen LogP contribution in [0.1, 0.15) is 31.4 Å². The first-order chi connectivity index (χ1) is 11.2. The molecule has 0 aliphatic heterocycles. The first-order valence-corrected chi connectivity index (χ1v) is 7.97. The smallest absolute Gasteiger partial charge is 0.318 e. The van der Waals surface area contributed by atoms with Crippen molar-refractivity contribution in [2.75, 3.05) is 13.2 Å². The van der Waals surface area contributed by atoms with Gasteiger partial charge in [0.05, 0.1) is 18.3 Å². The van der Waals surface area contributed by atoms with Gasteiger partial charge in [-0.05, 0) is 43.5 Å². The van der Waals surface area contributed by atoms with Crippen molar-refractivity contribution in [3.63, 3.8) is 0 Å². The molecule has 1 aliphatic carbocycles. The maximum absolute atomic E-state index is 12.4. The summed E-state index contributed by atoms with van der Waals surface area (Å²) in [6, 6.07) is 9.88. The molecule has 1 fully saturated rings. The minimum atomic E-state index is -0.113. The van der Waals surface area contributed by atoms with Crippen molar-refractivity contribution in [1.82, 2.24) is 20.0 Å². The van der Waals surface area contributed by atoms with Crippen molar-refractivity contribution in [2.45, 2.75) is 31.8 Å². The molecule has 23 heavy (non-hydrogen) atoms. The molecule has 0 radical (unpaired) electrons. The van der Waals surface area contributed by atoms with E-state index in [1.165, 1.54) is 0 Å². The molecular formula is C17H22N4O2. The van der Waals surface area contributed by atoms with Gasteiger partial charge < -0.3 is 15.3 Å². The van der Waals surface area contributed by atoms with Crippen LogP contribution in [0.25, 0.3) is 5.69 Å². The number of carbonyl (C=O) groups is 1. The highest BCUT2D eigenvalue weighted by Gasteiger charge is 2.32. The number of nitrogens with zero attached hydrogens (tertiary/aromatic N) is 3. The topological polar surface area (TPSA) is 70.4 Å². The second-order valence-electron chi connectivity index (χ2n) is 5.86. The van der Waals surface area contributed by atoms with E-state index >= 15 is 0 Å².